The number of aliphatic hydroxyl groups excluding tert-OH is 1. The number of hydrogen-bond acceptors (Lipinski definition) is 8. The number of likely N-dealkylation sites (N-methyl/N-ethyl adjacent to an activating group) is 1. The molecule has 5 atom stereocenters. The second kappa shape index (κ2) is 9.54. The Hall–Kier alpha value is -2.30. The van der Waals surface area contributed by atoms with Gasteiger partial charge >= 0.3 is 11.9 Å². The molecule has 0 radical (unpaired) electrons. The highest BCUT2D eigenvalue weighted by Crippen LogP contribution is 2.42. The van der Waals surface area contributed by atoms with Gasteiger partial charge in [-0.1, -0.05) is 20.8 Å². The molecule has 1 saturated heterocycles. The van der Waals surface area contributed by atoms with Crippen molar-refractivity contribution in [2.24, 2.45) is 5.41 Å². The maximum absolute atomic E-state index is 13.7. The maximum atomic E-state index is 13.7. The van der Waals surface area contributed by atoms with Crippen LogP contribution in [0.3, 0.4) is 0 Å². The SMILES string of the molecule is CN1C=CC=C(I)C1C(=O)[C@]1(O)C[C@H](n2cc(C(F)(F)F)c(=O)[nH]c2=O)O[C@@H]1C(O)C(=O)C(C)(C)C. The molecule has 0 spiro atoms. The lowest BCUT2D eigenvalue weighted by molar-refractivity contribution is -0.166. The van der Waals surface area contributed by atoms with E-state index in [0.717, 1.165) is 0 Å². The number of allylic oxidation sites excluding steroid dienone is 2. The molecule has 2 unspecified atom stereocenters. The molecular formula is C22H25F3IN3O7. The Kier molecular flexibility index (Phi) is 7.49. The monoisotopic (exact) mass is 627 g/mol. The van der Waals surface area contributed by atoms with Gasteiger partial charge in [0.2, 0.25) is 0 Å². The molecule has 2 aliphatic heterocycles. The molecule has 3 rings (SSSR count). The summed E-state index contributed by atoms with van der Waals surface area (Å²) in [6.07, 6.45) is -6.56. The molecule has 0 bridgehead atoms. The van der Waals surface area contributed by atoms with Crippen LogP contribution in [0.4, 0.5) is 13.2 Å². The summed E-state index contributed by atoms with van der Waals surface area (Å²) in [5, 5.41) is 22.5. The highest BCUT2D eigenvalue weighted by Gasteiger charge is 2.60. The maximum Gasteiger partial charge on any atom is 0.423 e. The third kappa shape index (κ3) is 5.08. The second-order valence-electron chi connectivity index (χ2n) is 9.73. The molecular weight excluding hydrogens is 602 g/mol. The van der Waals surface area contributed by atoms with Crippen molar-refractivity contribution in [3.8, 4) is 0 Å². The van der Waals surface area contributed by atoms with E-state index in [-0.39, 0.29) is 6.20 Å². The van der Waals surface area contributed by atoms with E-state index in [1.54, 1.807) is 30.4 Å². The van der Waals surface area contributed by atoms with E-state index in [1.807, 2.05) is 22.6 Å². The van der Waals surface area contributed by atoms with E-state index >= 15 is 0 Å². The van der Waals surface area contributed by atoms with Gasteiger partial charge in [-0.2, -0.15) is 13.2 Å². The van der Waals surface area contributed by atoms with E-state index < -0.39 is 76.5 Å². The number of ether oxygens (including phenoxy) is 1. The number of nitrogens with zero attached hydrogens (tertiary/aromatic N) is 2. The topological polar surface area (TPSA) is 142 Å². The summed E-state index contributed by atoms with van der Waals surface area (Å²) in [4.78, 5) is 53.6. The van der Waals surface area contributed by atoms with E-state index in [0.29, 0.717) is 8.15 Å². The highest BCUT2D eigenvalue weighted by molar-refractivity contribution is 14.1. The molecule has 1 aromatic heterocycles. The molecule has 0 saturated carbocycles. The first-order valence-electron chi connectivity index (χ1n) is 10.7. The fourth-order valence-corrected chi connectivity index (χ4v) is 5.05. The zero-order valence-corrected chi connectivity index (χ0v) is 21.8. The van der Waals surface area contributed by atoms with E-state index in [4.69, 9.17) is 4.74 Å². The summed E-state index contributed by atoms with van der Waals surface area (Å²) in [5.41, 5.74) is -8.40. The predicted molar refractivity (Wildman–Crippen MR) is 128 cm³/mol. The third-order valence-electron chi connectivity index (χ3n) is 6.06. The minimum atomic E-state index is -5.12. The summed E-state index contributed by atoms with van der Waals surface area (Å²) in [5.74, 6) is -1.69. The molecule has 0 aromatic carbocycles. The molecule has 198 valence electrons. The van der Waals surface area contributed by atoms with Crippen molar-refractivity contribution in [1.82, 2.24) is 14.5 Å². The molecule has 10 nitrogen and oxygen atoms in total. The number of aliphatic hydroxyl groups is 2. The summed E-state index contributed by atoms with van der Waals surface area (Å²) >= 11 is 1.88. The fraction of sp³-hybridized carbons (Fsp3) is 0.545. The molecule has 36 heavy (non-hydrogen) atoms. The molecule has 1 fully saturated rings. The number of nitrogens with one attached hydrogen (secondary N) is 1. The molecule has 0 amide bonds. The van der Waals surface area contributed by atoms with Gasteiger partial charge in [0.15, 0.2) is 17.2 Å². The van der Waals surface area contributed by atoms with Gasteiger partial charge in [-0.25, -0.2) is 4.79 Å². The predicted octanol–water partition coefficient (Wildman–Crippen LogP) is 1.27. The number of rotatable bonds is 5. The summed E-state index contributed by atoms with van der Waals surface area (Å²) < 4.78 is 46.4. The van der Waals surface area contributed by atoms with E-state index in [2.05, 4.69) is 0 Å². The number of aromatic amines is 1. The smallest absolute Gasteiger partial charge is 0.382 e. The zero-order valence-electron chi connectivity index (χ0n) is 19.7. The number of Topliss-reactive ketones (excluding diaryl/α,β-unsaturated/α-hetero) is 2. The Labute approximate surface area is 216 Å². The van der Waals surface area contributed by atoms with Gasteiger partial charge in [0.25, 0.3) is 5.56 Å². The lowest BCUT2D eigenvalue weighted by Crippen LogP contribution is -2.59. The van der Waals surface area contributed by atoms with Crippen LogP contribution in [-0.4, -0.2) is 67.1 Å². The van der Waals surface area contributed by atoms with E-state index in [1.165, 1.54) is 25.7 Å². The number of carbonyl (C=O) groups excluding carboxylic acids is 2. The van der Waals surface area contributed by atoms with Gasteiger partial charge in [-0.3, -0.25) is 23.9 Å². The van der Waals surface area contributed by atoms with Gasteiger partial charge in [0, 0.05) is 28.7 Å². The van der Waals surface area contributed by atoms with E-state index in [9.17, 15) is 42.6 Å². The van der Waals surface area contributed by atoms with Crippen molar-refractivity contribution in [3.63, 3.8) is 0 Å². The van der Waals surface area contributed by atoms with Crippen LogP contribution >= 0.6 is 22.6 Å². The molecule has 0 aliphatic carbocycles. The largest absolute Gasteiger partial charge is 0.423 e. The molecule has 14 heteroatoms. The average Bonchev–Trinajstić information content (AvgIpc) is 3.09. The van der Waals surface area contributed by atoms with Crippen molar-refractivity contribution in [3.05, 3.63) is 54.5 Å². The number of alkyl halides is 3. The van der Waals surface area contributed by atoms with Crippen molar-refractivity contribution >= 4 is 34.2 Å². The van der Waals surface area contributed by atoms with Gasteiger partial charge in [0.05, 0.1) is 0 Å². The first-order chi connectivity index (χ1) is 16.4. The Balaban J connectivity index is 2.13. The van der Waals surface area contributed by atoms with Crippen LogP contribution in [0.15, 0.2) is 37.7 Å². The van der Waals surface area contributed by atoms with Crippen molar-refractivity contribution in [2.45, 2.75) is 63.4 Å². The standard InChI is InChI=1S/C22H25F3IN3O7/c1-20(2,3)16(32)14(30)17-21(35,15(31)13-11(26)6-5-7-28(13)4)8-12(36-17)29-9-10(22(23,24)25)18(33)27-19(29)34/h5-7,9,12-14,17,30,35H,8H2,1-4H3,(H,27,33,34)/t12-,13?,14?,17-,21-/m1/s1. The Morgan fingerprint density at radius 2 is 1.89 bits per heavy atom. The number of ketones is 2. The fourth-order valence-electron chi connectivity index (χ4n) is 4.12. The molecule has 3 N–H and O–H groups in total. The number of halogens is 4. The van der Waals surface area contributed by atoms with Crippen molar-refractivity contribution < 1.29 is 37.7 Å². The Morgan fingerprint density at radius 3 is 2.42 bits per heavy atom. The third-order valence-corrected chi connectivity index (χ3v) is 7.01. The number of carbonyl (C=O) groups is 2. The van der Waals surface area contributed by atoms with Crippen LogP contribution in [0.5, 0.6) is 0 Å². The first kappa shape index (κ1) is 28.3. The number of H-pyrrole nitrogens is 1. The minimum absolute atomic E-state index is 0.218. The minimum Gasteiger partial charge on any atom is -0.382 e. The van der Waals surface area contributed by atoms with Crippen molar-refractivity contribution in [2.75, 3.05) is 7.05 Å². The van der Waals surface area contributed by atoms with Crippen LogP contribution in [0, 0.1) is 5.41 Å². The number of hydrogen-bond donors (Lipinski definition) is 3. The molecule has 2 aliphatic rings. The summed E-state index contributed by atoms with van der Waals surface area (Å²) in [7, 11) is 1.55. The van der Waals surface area contributed by atoms with Crippen LogP contribution in [0.2, 0.25) is 0 Å². The van der Waals surface area contributed by atoms with Gasteiger partial charge in [0.1, 0.15) is 30.0 Å². The Bertz CT molecular complexity index is 1250. The van der Waals surface area contributed by atoms with Crippen LogP contribution in [-0.2, 0) is 20.5 Å². The van der Waals surface area contributed by atoms with Gasteiger partial charge in [-0.05, 0) is 40.9 Å². The van der Waals surface area contributed by atoms with Crippen LogP contribution in [0.25, 0.3) is 0 Å². The first-order valence-corrected chi connectivity index (χ1v) is 11.8. The molecule has 1 aromatic rings. The summed E-state index contributed by atoms with van der Waals surface area (Å²) in [6.45, 7) is 4.46. The average molecular weight is 627 g/mol. The number of aromatic nitrogens is 2. The quantitative estimate of drug-likeness (QED) is 0.415. The molecule has 3 heterocycles. The van der Waals surface area contributed by atoms with Crippen LogP contribution < -0.4 is 11.2 Å². The lowest BCUT2D eigenvalue weighted by atomic mass is 9.78. The van der Waals surface area contributed by atoms with Gasteiger partial charge < -0.3 is 19.8 Å². The normalized spacial score (nSPS) is 27.7. The lowest BCUT2D eigenvalue weighted by Gasteiger charge is -2.37. The second-order valence-corrected chi connectivity index (χ2v) is 11.0. The van der Waals surface area contributed by atoms with Crippen molar-refractivity contribution in [1.29, 1.82) is 0 Å². The Morgan fingerprint density at radius 1 is 1.28 bits per heavy atom. The highest BCUT2D eigenvalue weighted by atomic mass is 127. The summed E-state index contributed by atoms with van der Waals surface area (Å²) in [6, 6.07) is -1.06. The zero-order chi connectivity index (χ0) is 27.4. The van der Waals surface area contributed by atoms with Crippen LogP contribution in [0.1, 0.15) is 39.0 Å². The van der Waals surface area contributed by atoms with Gasteiger partial charge in [-0.15, -0.1) is 0 Å².